The maximum Gasteiger partial charge on any atom is 0.410 e. The third kappa shape index (κ3) is 4.00. The molecule has 22 heavy (non-hydrogen) atoms. The van der Waals surface area contributed by atoms with Crippen molar-refractivity contribution < 1.29 is 14.3 Å². The predicted molar refractivity (Wildman–Crippen MR) is 84.2 cm³/mol. The summed E-state index contributed by atoms with van der Waals surface area (Å²) in [6, 6.07) is 9.72. The molecule has 2 amide bonds. The summed E-state index contributed by atoms with van der Waals surface area (Å²) < 4.78 is 5.28. The van der Waals surface area contributed by atoms with E-state index in [1.165, 1.54) is 4.90 Å². The van der Waals surface area contributed by atoms with Crippen molar-refractivity contribution in [3.63, 3.8) is 0 Å². The van der Waals surface area contributed by atoms with Gasteiger partial charge in [-0.15, -0.1) is 0 Å². The number of piperazine rings is 1. The summed E-state index contributed by atoms with van der Waals surface area (Å²) >= 11 is 0. The van der Waals surface area contributed by atoms with Crippen LogP contribution in [-0.4, -0.2) is 47.5 Å². The van der Waals surface area contributed by atoms with Crippen LogP contribution in [0.1, 0.15) is 26.3 Å². The third-order valence-corrected chi connectivity index (χ3v) is 4.18. The molecule has 2 rings (SSSR count). The molecule has 0 saturated carbocycles. The highest BCUT2D eigenvalue weighted by molar-refractivity contribution is 5.83. The molecule has 0 N–H and O–H groups in total. The van der Waals surface area contributed by atoms with E-state index in [2.05, 4.69) is 13.8 Å². The van der Waals surface area contributed by atoms with Crippen LogP contribution in [0.3, 0.4) is 0 Å². The Morgan fingerprint density at radius 3 is 2.45 bits per heavy atom. The molecule has 5 nitrogen and oxygen atoms in total. The molecule has 1 aromatic rings. The molecule has 1 aliphatic rings. The van der Waals surface area contributed by atoms with E-state index in [0.717, 1.165) is 5.56 Å². The largest absolute Gasteiger partial charge is 0.445 e. The summed E-state index contributed by atoms with van der Waals surface area (Å²) in [4.78, 5) is 27.6. The highest BCUT2D eigenvalue weighted by atomic mass is 16.6. The summed E-state index contributed by atoms with van der Waals surface area (Å²) in [7, 11) is 0. The molecule has 1 aliphatic heterocycles. The predicted octanol–water partition coefficient (Wildman–Crippen LogP) is 2.51. The van der Waals surface area contributed by atoms with Crippen molar-refractivity contribution in [2.75, 3.05) is 19.6 Å². The van der Waals surface area contributed by atoms with Crippen LogP contribution in [0.2, 0.25) is 0 Å². The Bertz CT molecular complexity index is 516. The van der Waals surface area contributed by atoms with Gasteiger partial charge >= 0.3 is 6.09 Å². The second kappa shape index (κ2) is 7.29. The van der Waals surface area contributed by atoms with E-state index in [1.54, 1.807) is 0 Å². The first-order valence-corrected chi connectivity index (χ1v) is 7.74. The number of carbonyl (C=O) groups excluding carboxylic acids is 2. The molecular formula is C17H24N2O3. The van der Waals surface area contributed by atoms with E-state index >= 15 is 0 Å². The number of hydrogen-bond donors (Lipinski definition) is 0. The second-order valence-corrected chi connectivity index (χ2v) is 6.03. The van der Waals surface area contributed by atoms with Crippen LogP contribution < -0.4 is 0 Å². The fourth-order valence-electron chi connectivity index (χ4n) is 2.44. The van der Waals surface area contributed by atoms with Gasteiger partial charge in [0.1, 0.15) is 13.2 Å². The van der Waals surface area contributed by atoms with Crippen molar-refractivity contribution >= 4 is 12.0 Å². The van der Waals surface area contributed by atoms with Gasteiger partial charge in [-0.25, -0.2) is 4.79 Å². The number of rotatable bonds is 4. The normalized spacial score (nSPS) is 16.8. The zero-order valence-corrected chi connectivity index (χ0v) is 13.5. The van der Waals surface area contributed by atoms with Crippen molar-refractivity contribution in [2.24, 2.45) is 5.92 Å². The van der Waals surface area contributed by atoms with Crippen LogP contribution in [0.15, 0.2) is 30.3 Å². The highest BCUT2D eigenvalue weighted by Crippen LogP contribution is 2.15. The SMILES string of the molecule is CC(C)C(C)N1CCN(C(=O)OCc2ccccc2)CC1=O. The molecular weight excluding hydrogens is 280 g/mol. The smallest absolute Gasteiger partial charge is 0.410 e. The second-order valence-electron chi connectivity index (χ2n) is 6.03. The topological polar surface area (TPSA) is 49.9 Å². The third-order valence-electron chi connectivity index (χ3n) is 4.18. The van der Waals surface area contributed by atoms with Gasteiger partial charge in [0.05, 0.1) is 0 Å². The molecule has 1 unspecified atom stereocenters. The Morgan fingerprint density at radius 1 is 1.18 bits per heavy atom. The summed E-state index contributed by atoms with van der Waals surface area (Å²) in [6.45, 7) is 7.67. The number of ether oxygens (including phenoxy) is 1. The van der Waals surface area contributed by atoms with Crippen LogP contribution in [-0.2, 0) is 16.1 Å². The van der Waals surface area contributed by atoms with Gasteiger partial charge in [0.2, 0.25) is 5.91 Å². The Balaban J connectivity index is 1.85. The van der Waals surface area contributed by atoms with Crippen molar-refractivity contribution in [1.29, 1.82) is 0 Å². The van der Waals surface area contributed by atoms with E-state index in [0.29, 0.717) is 19.0 Å². The highest BCUT2D eigenvalue weighted by Gasteiger charge is 2.31. The molecule has 120 valence electrons. The molecule has 0 radical (unpaired) electrons. The van der Waals surface area contributed by atoms with Gasteiger partial charge in [0, 0.05) is 19.1 Å². The Morgan fingerprint density at radius 2 is 1.86 bits per heavy atom. The quantitative estimate of drug-likeness (QED) is 0.859. The summed E-state index contributed by atoms with van der Waals surface area (Å²) in [5.74, 6) is 0.393. The van der Waals surface area contributed by atoms with E-state index in [4.69, 9.17) is 4.74 Å². The molecule has 0 aromatic heterocycles. The maximum atomic E-state index is 12.2. The fraction of sp³-hybridized carbons (Fsp3) is 0.529. The molecule has 1 saturated heterocycles. The van der Waals surface area contributed by atoms with Gasteiger partial charge in [-0.2, -0.15) is 0 Å². The Hall–Kier alpha value is -2.04. The van der Waals surface area contributed by atoms with Crippen LogP contribution >= 0.6 is 0 Å². The van der Waals surface area contributed by atoms with E-state index in [1.807, 2.05) is 42.2 Å². The van der Waals surface area contributed by atoms with E-state index in [9.17, 15) is 9.59 Å². The molecule has 1 atom stereocenters. The van der Waals surface area contributed by atoms with Crippen molar-refractivity contribution in [1.82, 2.24) is 9.80 Å². The number of hydrogen-bond acceptors (Lipinski definition) is 3. The lowest BCUT2D eigenvalue weighted by molar-refractivity contribution is -0.138. The zero-order valence-electron chi connectivity index (χ0n) is 13.5. The molecule has 1 aromatic carbocycles. The monoisotopic (exact) mass is 304 g/mol. The Kier molecular flexibility index (Phi) is 5.41. The maximum absolute atomic E-state index is 12.2. The lowest BCUT2D eigenvalue weighted by Gasteiger charge is -2.38. The van der Waals surface area contributed by atoms with E-state index in [-0.39, 0.29) is 25.1 Å². The summed E-state index contributed by atoms with van der Waals surface area (Å²) in [5.41, 5.74) is 0.939. The average molecular weight is 304 g/mol. The molecule has 1 fully saturated rings. The minimum atomic E-state index is -0.422. The van der Waals surface area contributed by atoms with Gasteiger partial charge in [0.25, 0.3) is 0 Å². The first-order valence-electron chi connectivity index (χ1n) is 7.74. The number of benzene rings is 1. The lowest BCUT2D eigenvalue weighted by Crippen LogP contribution is -2.55. The van der Waals surface area contributed by atoms with Gasteiger partial charge < -0.3 is 9.64 Å². The average Bonchev–Trinajstić information content (AvgIpc) is 2.52. The van der Waals surface area contributed by atoms with Crippen LogP contribution in [0.25, 0.3) is 0 Å². The van der Waals surface area contributed by atoms with Crippen LogP contribution in [0.5, 0.6) is 0 Å². The Labute approximate surface area is 131 Å². The lowest BCUT2D eigenvalue weighted by atomic mass is 10.0. The molecule has 0 aliphatic carbocycles. The first-order chi connectivity index (χ1) is 10.5. The standard InChI is InChI=1S/C17H24N2O3/c1-13(2)14(3)19-10-9-18(11-16(19)20)17(21)22-12-15-7-5-4-6-8-15/h4-8,13-14H,9-12H2,1-3H3. The van der Waals surface area contributed by atoms with Crippen LogP contribution in [0, 0.1) is 5.92 Å². The number of carbonyl (C=O) groups is 2. The number of nitrogens with zero attached hydrogens (tertiary/aromatic N) is 2. The van der Waals surface area contributed by atoms with Gasteiger partial charge in [-0.05, 0) is 18.4 Å². The van der Waals surface area contributed by atoms with Gasteiger partial charge in [-0.3, -0.25) is 9.69 Å². The van der Waals surface area contributed by atoms with Gasteiger partial charge in [-0.1, -0.05) is 44.2 Å². The first kappa shape index (κ1) is 16.3. The minimum absolute atomic E-state index is 0.0101. The summed E-state index contributed by atoms with van der Waals surface area (Å²) in [6.07, 6.45) is -0.422. The fourth-order valence-corrected chi connectivity index (χ4v) is 2.44. The van der Waals surface area contributed by atoms with Crippen molar-refractivity contribution in [2.45, 2.75) is 33.4 Å². The number of amides is 2. The molecule has 5 heteroatoms. The molecule has 0 spiro atoms. The van der Waals surface area contributed by atoms with Crippen molar-refractivity contribution in [3.8, 4) is 0 Å². The molecule has 1 heterocycles. The minimum Gasteiger partial charge on any atom is -0.445 e. The van der Waals surface area contributed by atoms with Gasteiger partial charge in [0.15, 0.2) is 0 Å². The zero-order chi connectivity index (χ0) is 16.1. The molecule has 0 bridgehead atoms. The van der Waals surface area contributed by atoms with Crippen molar-refractivity contribution in [3.05, 3.63) is 35.9 Å². The summed E-state index contributed by atoms with van der Waals surface area (Å²) in [5, 5.41) is 0. The van der Waals surface area contributed by atoms with Crippen LogP contribution in [0.4, 0.5) is 4.79 Å². The van der Waals surface area contributed by atoms with E-state index < -0.39 is 6.09 Å².